The molecule has 2 aromatic rings. The van der Waals surface area contributed by atoms with Gasteiger partial charge in [-0.15, -0.1) is 11.3 Å². The summed E-state index contributed by atoms with van der Waals surface area (Å²) in [6.07, 6.45) is 1.82. The second-order valence-electron chi connectivity index (χ2n) is 6.92. The van der Waals surface area contributed by atoms with E-state index in [9.17, 15) is 4.79 Å². The number of pyridine rings is 1. The molecule has 1 spiro atoms. The summed E-state index contributed by atoms with van der Waals surface area (Å²) in [6, 6.07) is 10.0. The number of rotatable bonds is 3. The molecule has 4 heterocycles. The van der Waals surface area contributed by atoms with E-state index in [1.54, 1.807) is 11.3 Å². The second kappa shape index (κ2) is 7.44. The molecular weight excluding hydrogens is 350 g/mol. The summed E-state index contributed by atoms with van der Waals surface area (Å²) < 4.78 is 11.9. The van der Waals surface area contributed by atoms with Gasteiger partial charge in [0.1, 0.15) is 12.2 Å². The van der Waals surface area contributed by atoms with Gasteiger partial charge in [-0.2, -0.15) is 0 Å². The zero-order valence-electron chi connectivity index (χ0n) is 14.9. The minimum atomic E-state index is -0.503. The third-order valence-corrected chi connectivity index (χ3v) is 5.81. The van der Waals surface area contributed by atoms with Crippen LogP contribution in [-0.2, 0) is 20.8 Å². The van der Waals surface area contributed by atoms with E-state index in [0.29, 0.717) is 19.8 Å². The topological polar surface area (TPSA) is 54.9 Å². The number of ether oxygens (including phenoxy) is 2. The first kappa shape index (κ1) is 17.6. The van der Waals surface area contributed by atoms with Crippen LogP contribution in [0.3, 0.4) is 0 Å². The van der Waals surface area contributed by atoms with Crippen molar-refractivity contribution in [1.29, 1.82) is 0 Å². The molecule has 0 bridgehead atoms. The van der Waals surface area contributed by atoms with E-state index < -0.39 is 5.60 Å². The maximum Gasteiger partial charge on any atom is 0.253 e. The van der Waals surface area contributed by atoms with Crippen molar-refractivity contribution in [3.05, 3.63) is 47.1 Å². The van der Waals surface area contributed by atoms with E-state index in [-0.39, 0.29) is 12.5 Å². The number of aromatic nitrogens is 1. The van der Waals surface area contributed by atoms with Crippen molar-refractivity contribution in [3.8, 4) is 0 Å². The third kappa shape index (κ3) is 3.81. The Morgan fingerprint density at radius 1 is 1.27 bits per heavy atom. The number of morpholine rings is 1. The normalized spacial score (nSPS) is 24.8. The minimum absolute atomic E-state index is 0.0120. The molecule has 2 saturated heterocycles. The molecule has 7 heteroatoms. The minimum Gasteiger partial charge on any atom is -0.377 e. The molecule has 2 aliphatic heterocycles. The van der Waals surface area contributed by atoms with Crippen LogP contribution in [0.25, 0.3) is 0 Å². The van der Waals surface area contributed by atoms with Crippen molar-refractivity contribution in [2.45, 2.75) is 19.1 Å². The first-order chi connectivity index (χ1) is 12.6. The monoisotopic (exact) mass is 373 g/mol. The molecule has 0 N–H and O–H groups in total. The molecule has 0 aliphatic carbocycles. The fourth-order valence-corrected chi connectivity index (χ4v) is 4.38. The summed E-state index contributed by atoms with van der Waals surface area (Å²) in [5.41, 5.74) is 0.527. The van der Waals surface area contributed by atoms with Gasteiger partial charge in [0.25, 0.3) is 5.91 Å². The van der Waals surface area contributed by atoms with Crippen molar-refractivity contribution >= 4 is 22.2 Å². The van der Waals surface area contributed by atoms with Gasteiger partial charge in [0.2, 0.25) is 0 Å². The van der Waals surface area contributed by atoms with E-state index in [0.717, 1.165) is 30.3 Å². The van der Waals surface area contributed by atoms with Gasteiger partial charge in [0, 0.05) is 30.7 Å². The van der Waals surface area contributed by atoms with Gasteiger partial charge in [-0.3, -0.25) is 19.6 Å². The fourth-order valence-electron chi connectivity index (χ4n) is 3.50. The van der Waals surface area contributed by atoms with Crippen molar-refractivity contribution in [1.82, 2.24) is 9.88 Å². The molecule has 0 radical (unpaired) electrons. The van der Waals surface area contributed by atoms with Gasteiger partial charge in [-0.1, -0.05) is 6.07 Å². The fraction of sp³-hybridized carbons (Fsp3) is 0.474. The van der Waals surface area contributed by atoms with Crippen molar-refractivity contribution < 1.29 is 14.3 Å². The Kier molecular flexibility index (Phi) is 5.04. The predicted octanol–water partition coefficient (Wildman–Crippen LogP) is 2.09. The van der Waals surface area contributed by atoms with Gasteiger partial charge < -0.3 is 9.47 Å². The zero-order valence-corrected chi connectivity index (χ0v) is 15.7. The molecule has 0 aromatic carbocycles. The molecule has 2 fully saturated rings. The molecular formula is C19H23N3O3S. The van der Waals surface area contributed by atoms with Crippen LogP contribution in [0.4, 0.5) is 5.00 Å². The predicted molar refractivity (Wildman–Crippen MR) is 100 cm³/mol. The number of carbonyl (C=O) groups excluding carboxylic acids is 1. The number of amides is 1. The van der Waals surface area contributed by atoms with Gasteiger partial charge in [0.15, 0.2) is 0 Å². The molecule has 2 aromatic heterocycles. The van der Waals surface area contributed by atoms with Crippen LogP contribution in [0, 0.1) is 6.92 Å². The highest BCUT2D eigenvalue weighted by Gasteiger charge is 2.43. The Morgan fingerprint density at radius 2 is 2.19 bits per heavy atom. The molecule has 0 unspecified atom stereocenters. The van der Waals surface area contributed by atoms with E-state index in [1.807, 2.05) is 41.4 Å². The van der Waals surface area contributed by atoms with E-state index in [4.69, 9.17) is 9.47 Å². The van der Waals surface area contributed by atoms with E-state index >= 15 is 0 Å². The number of hydrogen-bond donors (Lipinski definition) is 0. The van der Waals surface area contributed by atoms with Gasteiger partial charge in [-0.05, 0) is 31.2 Å². The molecule has 2 aliphatic rings. The van der Waals surface area contributed by atoms with Crippen LogP contribution in [0.2, 0.25) is 0 Å². The van der Waals surface area contributed by atoms with Gasteiger partial charge >= 0.3 is 0 Å². The SMILES string of the molecule is Cc1ccc(N2C[C@]3(COCCN(Cc4ccccn4)C3)OCC2=O)s1. The number of nitrogens with zero attached hydrogens (tertiary/aromatic N) is 3. The molecule has 1 amide bonds. The summed E-state index contributed by atoms with van der Waals surface area (Å²) in [5, 5.41) is 0.982. The molecule has 1 atom stereocenters. The molecule has 0 saturated carbocycles. The summed E-state index contributed by atoms with van der Waals surface area (Å²) in [6.45, 7) is 6.12. The standard InChI is InChI=1S/C19H23N3O3S/c1-15-5-6-18(26-15)22-13-19(25-11-17(22)23)12-21(8-9-24-14-19)10-16-4-2-3-7-20-16/h2-7H,8-14H2,1H3/t19-/m1/s1. The maximum atomic E-state index is 12.4. The summed E-state index contributed by atoms with van der Waals surface area (Å²) >= 11 is 1.64. The Balaban J connectivity index is 1.52. The lowest BCUT2D eigenvalue weighted by atomic mass is 10.0. The van der Waals surface area contributed by atoms with Crippen LogP contribution in [0.15, 0.2) is 36.5 Å². The number of hydrogen-bond acceptors (Lipinski definition) is 6. The Hall–Kier alpha value is -1.80. The molecule has 138 valence electrons. The average molecular weight is 373 g/mol. The Bertz CT molecular complexity index is 766. The lowest BCUT2D eigenvalue weighted by Gasteiger charge is -2.42. The van der Waals surface area contributed by atoms with Crippen molar-refractivity contribution in [2.75, 3.05) is 44.4 Å². The first-order valence-electron chi connectivity index (χ1n) is 8.84. The number of aryl methyl sites for hydroxylation is 1. The smallest absolute Gasteiger partial charge is 0.253 e. The van der Waals surface area contributed by atoms with Crippen LogP contribution in [0.1, 0.15) is 10.6 Å². The number of carbonyl (C=O) groups is 1. The highest BCUT2D eigenvalue weighted by atomic mass is 32.1. The highest BCUT2D eigenvalue weighted by molar-refractivity contribution is 7.16. The lowest BCUT2D eigenvalue weighted by molar-refractivity contribution is -0.146. The van der Waals surface area contributed by atoms with Crippen molar-refractivity contribution in [2.24, 2.45) is 0 Å². The zero-order chi connectivity index (χ0) is 18.0. The maximum absolute atomic E-state index is 12.4. The number of thiophene rings is 1. The largest absolute Gasteiger partial charge is 0.377 e. The Morgan fingerprint density at radius 3 is 2.96 bits per heavy atom. The van der Waals surface area contributed by atoms with Crippen LogP contribution < -0.4 is 4.90 Å². The van der Waals surface area contributed by atoms with E-state index in [1.165, 1.54) is 4.88 Å². The third-order valence-electron chi connectivity index (χ3n) is 4.78. The van der Waals surface area contributed by atoms with Crippen LogP contribution in [-0.4, -0.2) is 60.8 Å². The second-order valence-corrected chi connectivity index (χ2v) is 8.19. The Labute approximate surface area is 157 Å². The summed E-state index contributed by atoms with van der Waals surface area (Å²) in [7, 11) is 0. The van der Waals surface area contributed by atoms with Gasteiger partial charge in [-0.25, -0.2) is 0 Å². The van der Waals surface area contributed by atoms with Gasteiger partial charge in [0.05, 0.1) is 30.5 Å². The van der Waals surface area contributed by atoms with E-state index in [2.05, 4.69) is 16.8 Å². The van der Waals surface area contributed by atoms with Crippen LogP contribution >= 0.6 is 11.3 Å². The van der Waals surface area contributed by atoms with Crippen LogP contribution in [0.5, 0.6) is 0 Å². The number of anilines is 1. The summed E-state index contributed by atoms with van der Waals surface area (Å²) in [4.78, 5) is 22.2. The quantitative estimate of drug-likeness (QED) is 0.825. The van der Waals surface area contributed by atoms with Crippen molar-refractivity contribution in [3.63, 3.8) is 0 Å². The molecule has 4 rings (SSSR count). The lowest BCUT2D eigenvalue weighted by Crippen LogP contribution is -2.60. The summed E-state index contributed by atoms with van der Waals surface area (Å²) in [5.74, 6) is 0.0120. The highest BCUT2D eigenvalue weighted by Crippen LogP contribution is 2.31. The molecule has 26 heavy (non-hydrogen) atoms. The molecule has 6 nitrogen and oxygen atoms in total. The first-order valence-corrected chi connectivity index (χ1v) is 9.66. The average Bonchev–Trinajstić information content (AvgIpc) is 2.98.